The number of ether oxygens (including phenoxy) is 1. The summed E-state index contributed by atoms with van der Waals surface area (Å²) in [6, 6.07) is 8.65. The number of phenols is 2. The third-order valence-corrected chi connectivity index (χ3v) is 4.68. The Morgan fingerprint density at radius 2 is 1.96 bits per heavy atom. The molecule has 24 heavy (non-hydrogen) atoms. The molecule has 0 spiro atoms. The van der Waals surface area contributed by atoms with Crippen LogP contribution in [-0.2, 0) is 4.79 Å². The van der Waals surface area contributed by atoms with Gasteiger partial charge in [-0.1, -0.05) is 22.0 Å². The minimum Gasteiger partial charge on any atom is -0.503 e. The van der Waals surface area contributed by atoms with Crippen molar-refractivity contribution in [2.45, 2.75) is 0 Å². The molecule has 0 heterocycles. The molecule has 2 aromatic carbocycles. The van der Waals surface area contributed by atoms with Crippen LogP contribution < -0.4 is 10.2 Å². The number of phenolic OH excluding ortho intramolecular Hbond substituents is 2. The summed E-state index contributed by atoms with van der Waals surface area (Å²) in [6.45, 7) is -0.195. The van der Waals surface area contributed by atoms with Crippen molar-refractivity contribution < 1.29 is 19.7 Å². The average Bonchev–Trinajstić information content (AvgIpc) is 2.55. The Balaban J connectivity index is 1.93. The molecule has 0 bridgehead atoms. The van der Waals surface area contributed by atoms with Crippen molar-refractivity contribution in [3.63, 3.8) is 0 Å². The highest BCUT2D eigenvalue weighted by Gasteiger charge is 2.12. The Kier molecular flexibility index (Phi) is 6.64. The predicted octanol–water partition coefficient (Wildman–Crippen LogP) is 3.91. The summed E-state index contributed by atoms with van der Waals surface area (Å²) in [5.41, 5.74) is 2.77. The first kappa shape index (κ1) is 18.8. The molecule has 1 amide bonds. The number of hydrogen-bond donors (Lipinski definition) is 3. The molecule has 0 aliphatic rings. The second-order valence-electron chi connectivity index (χ2n) is 4.50. The highest BCUT2D eigenvalue weighted by atomic mass is 79.9. The van der Waals surface area contributed by atoms with E-state index in [1.54, 1.807) is 18.2 Å². The Morgan fingerprint density at radius 3 is 2.67 bits per heavy atom. The zero-order valence-electron chi connectivity index (χ0n) is 12.0. The number of nitrogens with one attached hydrogen (secondary N) is 1. The van der Waals surface area contributed by atoms with Gasteiger partial charge in [0.1, 0.15) is 5.75 Å². The lowest BCUT2D eigenvalue weighted by Crippen LogP contribution is -2.24. The van der Waals surface area contributed by atoms with Crippen LogP contribution in [0.3, 0.4) is 0 Å². The number of hydrogen-bond acceptors (Lipinski definition) is 5. The maximum atomic E-state index is 11.7. The van der Waals surface area contributed by atoms with Gasteiger partial charge in [-0.15, -0.1) is 0 Å². The SMILES string of the molecule is O=C(COc1cccc(Br)c1)N/N=C\c1cc(Br)c(O)c(O)c1Br. The smallest absolute Gasteiger partial charge is 0.277 e. The van der Waals surface area contributed by atoms with E-state index in [0.717, 1.165) is 4.47 Å². The number of nitrogens with zero attached hydrogens (tertiary/aromatic N) is 1. The molecule has 2 aromatic rings. The van der Waals surface area contributed by atoms with Gasteiger partial charge in [-0.05, 0) is 56.1 Å². The van der Waals surface area contributed by atoms with Gasteiger partial charge in [0.25, 0.3) is 5.91 Å². The number of halogens is 3. The molecule has 0 saturated carbocycles. The highest BCUT2D eigenvalue weighted by Crippen LogP contribution is 2.40. The normalized spacial score (nSPS) is 10.8. The van der Waals surface area contributed by atoms with E-state index in [2.05, 4.69) is 58.3 Å². The van der Waals surface area contributed by atoms with Crippen LogP contribution in [0.15, 0.2) is 48.9 Å². The monoisotopic (exact) mass is 520 g/mol. The molecule has 3 N–H and O–H groups in total. The van der Waals surface area contributed by atoms with E-state index in [1.807, 2.05) is 6.07 Å². The number of carbonyl (C=O) groups excluding carboxylic acids is 1. The van der Waals surface area contributed by atoms with E-state index in [-0.39, 0.29) is 22.6 Å². The Bertz CT molecular complexity index is 797. The lowest BCUT2D eigenvalue weighted by molar-refractivity contribution is -0.123. The summed E-state index contributed by atoms with van der Waals surface area (Å²) in [6.07, 6.45) is 1.32. The number of hydrazone groups is 1. The number of carbonyl (C=O) groups is 1. The molecular weight excluding hydrogens is 512 g/mol. The Labute approximate surface area is 162 Å². The number of amides is 1. The standard InChI is InChI=1S/C15H11Br3N2O4/c16-9-2-1-3-10(5-9)24-7-12(21)20-19-6-8-4-11(17)14(22)15(23)13(8)18/h1-6,22-23H,7H2,(H,20,21)/b19-6-. The summed E-state index contributed by atoms with van der Waals surface area (Å²) < 4.78 is 6.73. The molecule has 6 nitrogen and oxygen atoms in total. The zero-order valence-corrected chi connectivity index (χ0v) is 16.7. The fourth-order valence-electron chi connectivity index (χ4n) is 1.63. The van der Waals surface area contributed by atoms with Crippen LogP contribution in [0.5, 0.6) is 17.2 Å². The third-order valence-electron chi connectivity index (χ3n) is 2.75. The molecule has 126 valence electrons. The maximum Gasteiger partial charge on any atom is 0.277 e. The highest BCUT2D eigenvalue weighted by molar-refractivity contribution is 9.11. The van der Waals surface area contributed by atoms with Crippen molar-refractivity contribution in [1.82, 2.24) is 5.43 Å². The van der Waals surface area contributed by atoms with Crippen LogP contribution in [0, 0.1) is 0 Å². The summed E-state index contributed by atoms with van der Waals surface area (Å²) in [4.78, 5) is 11.7. The molecule has 0 unspecified atom stereocenters. The van der Waals surface area contributed by atoms with E-state index in [1.165, 1.54) is 12.3 Å². The molecular formula is C15H11Br3N2O4. The van der Waals surface area contributed by atoms with Crippen LogP contribution in [-0.4, -0.2) is 28.9 Å². The fraction of sp³-hybridized carbons (Fsp3) is 0.0667. The van der Waals surface area contributed by atoms with E-state index < -0.39 is 5.91 Å². The van der Waals surface area contributed by atoms with E-state index in [4.69, 9.17) is 4.74 Å². The molecule has 0 saturated heterocycles. The minimum atomic E-state index is -0.440. The Morgan fingerprint density at radius 1 is 1.21 bits per heavy atom. The second-order valence-corrected chi connectivity index (χ2v) is 7.06. The van der Waals surface area contributed by atoms with Crippen molar-refractivity contribution >= 4 is 59.9 Å². The average molecular weight is 523 g/mol. The van der Waals surface area contributed by atoms with E-state index >= 15 is 0 Å². The molecule has 0 fully saturated rings. The van der Waals surface area contributed by atoms with Crippen molar-refractivity contribution in [2.24, 2.45) is 5.10 Å². The zero-order chi connectivity index (χ0) is 17.7. The van der Waals surface area contributed by atoms with Crippen molar-refractivity contribution in [1.29, 1.82) is 0 Å². The topological polar surface area (TPSA) is 91.2 Å². The largest absolute Gasteiger partial charge is 0.503 e. The summed E-state index contributed by atoms with van der Waals surface area (Å²) in [7, 11) is 0. The number of rotatable bonds is 5. The van der Waals surface area contributed by atoms with Crippen LogP contribution in [0.2, 0.25) is 0 Å². The first-order chi connectivity index (χ1) is 11.4. The van der Waals surface area contributed by atoms with Gasteiger partial charge in [0.05, 0.1) is 15.2 Å². The van der Waals surface area contributed by atoms with Gasteiger partial charge >= 0.3 is 0 Å². The molecule has 2 rings (SSSR count). The molecule has 0 aliphatic carbocycles. The van der Waals surface area contributed by atoms with Crippen LogP contribution >= 0.6 is 47.8 Å². The van der Waals surface area contributed by atoms with Gasteiger partial charge in [-0.3, -0.25) is 4.79 Å². The van der Waals surface area contributed by atoms with Crippen LogP contribution in [0.1, 0.15) is 5.56 Å². The van der Waals surface area contributed by atoms with Gasteiger partial charge in [0.2, 0.25) is 0 Å². The van der Waals surface area contributed by atoms with Gasteiger partial charge in [0.15, 0.2) is 18.1 Å². The first-order valence-corrected chi connectivity index (χ1v) is 8.86. The second kappa shape index (κ2) is 8.50. The third kappa shape index (κ3) is 4.96. The Hall–Kier alpha value is -1.58. The molecule has 0 aliphatic heterocycles. The minimum absolute atomic E-state index is 0.195. The van der Waals surface area contributed by atoms with Gasteiger partial charge < -0.3 is 14.9 Å². The lowest BCUT2D eigenvalue weighted by atomic mass is 10.2. The van der Waals surface area contributed by atoms with Gasteiger partial charge in [-0.25, -0.2) is 5.43 Å². The van der Waals surface area contributed by atoms with Crippen LogP contribution in [0.4, 0.5) is 0 Å². The van der Waals surface area contributed by atoms with E-state index in [0.29, 0.717) is 15.8 Å². The molecule has 0 radical (unpaired) electrons. The van der Waals surface area contributed by atoms with Crippen molar-refractivity contribution in [3.8, 4) is 17.2 Å². The summed E-state index contributed by atoms with van der Waals surface area (Å²) >= 11 is 9.55. The fourth-order valence-corrected chi connectivity index (χ4v) is 2.84. The number of benzene rings is 2. The number of aromatic hydroxyl groups is 2. The van der Waals surface area contributed by atoms with Crippen molar-refractivity contribution in [3.05, 3.63) is 49.3 Å². The predicted molar refractivity (Wildman–Crippen MR) is 101 cm³/mol. The quantitative estimate of drug-likeness (QED) is 0.315. The summed E-state index contributed by atoms with van der Waals surface area (Å²) in [5, 5.41) is 23.1. The lowest BCUT2D eigenvalue weighted by Gasteiger charge is -2.07. The van der Waals surface area contributed by atoms with Gasteiger partial charge in [-0.2, -0.15) is 5.10 Å². The van der Waals surface area contributed by atoms with Crippen LogP contribution in [0.25, 0.3) is 0 Å². The molecule has 9 heteroatoms. The van der Waals surface area contributed by atoms with E-state index in [9.17, 15) is 15.0 Å². The first-order valence-electron chi connectivity index (χ1n) is 6.48. The van der Waals surface area contributed by atoms with Crippen molar-refractivity contribution in [2.75, 3.05) is 6.61 Å². The van der Waals surface area contributed by atoms with Gasteiger partial charge in [0, 0.05) is 10.0 Å². The maximum absolute atomic E-state index is 11.7. The summed E-state index contributed by atoms with van der Waals surface area (Å²) in [5.74, 6) is -0.497. The molecule has 0 aromatic heterocycles. The molecule has 0 atom stereocenters.